The van der Waals surface area contributed by atoms with E-state index in [4.69, 9.17) is 14.7 Å². The summed E-state index contributed by atoms with van der Waals surface area (Å²) >= 11 is 0. The molecule has 0 aliphatic carbocycles. The Kier molecular flexibility index (Phi) is 16.2. The first-order valence-corrected chi connectivity index (χ1v) is 10.2. The minimum absolute atomic E-state index is 0.0965. The van der Waals surface area contributed by atoms with Crippen molar-refractivity contribution in [1.82, 2.24) is 0 Å². The molecule has 0 atom stereocenters. The van der Waals surface area contributed by atoms with Gasteiger partial charge < -0.3 is 14.7 Å². The van der Waals surface area contributed by atoms with Crippen molar-refractivity contribution in [1.29, 1.82) is 0 Å². The number of ether oxygens (including phenoxy) is 2. The minimum atomic E-state index is -0.717. The second-order valence-corrected chi connectivity index (χ2v) is 6.64. The number of oxime groups is 1. The third-order valence-corrected chi connectivity index (χ3v) is 4.08. The van der Waals surface area contributed by atoms with Gasteiger partial charge in [0.05, 0.1) is 6.42 Å². The third kappa shape index (κ3) is 16.0. The van der Waals surface area contributed by atoms with Gasteiger partial charge in [-0.05, 0) is 12.8 Å². The molecule has 156 valence electrons. The highest BCUT2D eigenvalue weighted by molar-refractivity contribution is 5.91. The van der Waals surface area contributed by atoms with Crippen molar-refractivity contribution in [2.45, 2.75) is 104 Å². The molecule has 0 spiro atoms. The quantitative estimate of drug-likeness (QED) is 0.0819. The van der Waals surface area contributed by atoms with Crippen molar-refractivity contribution in [2.75, 3.05) is 0 Å². The van der Waals surface area contributed by atoms with Crippen molar-refractivity contribution < 1.29 is 29.1 Å². The van der Waals surface area contributed by atoms with E-state index in [0.29, 0.717) is 12.8 Å². The lowest BCUT2D eigenvalue weighted by Crippen LogP contribution is -2.17. The Hall–Kier alpha value is -1.92. The molecule has 0 saturated heterocycles. The van der Waals surface area contributed by atoms with E-state index in [1.807, 2.05) is 0 Å². The van der Waals surface area contributed by atoms with Crippen molar-refractivity contribution >= 4 is 23.8 Å². The van der Waals surface area contributed by atoms with Crippen molar-refractivity contribution in [3.05, 3.63) is 0 Å². The van der Waals surface area contributed by atoms with Gasteiger partial charge in [0.2, 0.25) is 5.90 Å². The molecule has 0 aromatic rings. The van der Waals surface area contributed by atoms with E-state index < -0.39 is 17.9 Å². The SMILES string of the molecule is CCCCCCCC(=O)OC(=O)CC/C(=N/O)OC(=O)CCCCCCC. The molecule has 7 nitrogen and oxygen atoms in total. The van der Waals surface area contributed by atoms with Crippen LogP contribution in [-0.4, -0.2) is 29.0 Å². The highest BCUT2D eigenvalue weighted by Crippen LogP contribution is 2.08. The van der Waals surface area contributed by atoms with Crippen LogP contribution in [0.1, 0.15) is 104 Å². The third-order valence-electron chi connectivity index (χ3n) is 4.08. The molecule has 0 aliphatic heterocycles. The zero-order valence-electron chi connectivity index (χ0n) is 16.8. The predicted molar refractivity (Wildman–Crippen MR) is 102 cm³/mol. The number of esters is 3. The fraction of sp³-hybridized carbons (Fsp3) is 0.800. The molecule has 0 aromatic carbocycles. The van der Waals surface area contributed by atoms with Crippen LogP contribution in [0.5, 0.6) is 0 Å². The number of unbranched alkanes of at least 4 members (excludes halogenated alkanes) is 8. The fourth-order valence-corrected chi connectivity index (χ4v) is 2.49. The number of carbonyl (C=O) groups excluding carboxylic acids is 3. The molecule has 0 amide bonds. The van der Waals surface area contributed by atoms with Gasteiger partial charge in [-0.3, -0.25) is 14.4 Å². The second kappa shape index (κ2) is 17.5. The van der Waals surface area contributed by atoms with Gasteiger partial charge in [-0.1, -0.05) is 70.4 Å². The van der Waals surface area contributed by atoms with Crippen LogP contribution in [0.3, 0.4) is 0 Å². The lowest BCUT2D eigenvalue weighted by atomic mass is 10.1. The Labute approximate surface area is 162 Å². The van der Waals surface area contributed by atoms with E-state index >= 15 is 0 Å². The summed E-state index contributed by atoms with van der Waals surface area (Å²) in [5.41, 5.74) is 0. The molecule has 0 saturated carbocycles. The maximum Gasteiger partial charge on any atom is 0.313 e. The van der Waals surface area contributed by atoms with E-state index in [2.05, 4.69) is 19.0 Å². The standard InChI is InChI=1S/C20H35NO6/c1-3-5-7-9-11-13-18(22)26-17(21-25)15-16-20(24)27-19(23)14-12-10-8-6-4-2/h25H,3-16H2,1-2H3/b21-17-. The predicted octanol–water partition coefficient (Wildman–Crippen LogP) is 4.89. The molecule has 0 fully saturated rings. The monoisotopic (exact) mass is 385 g/mol. The van der Waals surface area contributed by atoms with Crippen LogP contribution in [0.2, 0.25) is 0 Å². The molecule has 27 heavy (non-hydrogen) atoms. The van der Waals surface area contributed by atoms with Gasteiger partial charge in [0.15, 0.2) is 0 Å². The fourth-order valence-electron chi connectivity index (χ4n) is 2.49. The van der Waals surface area contributed by atoms with E-state index in [-0.39, 0.29) is 31.6 Å². The molecule has 0 rings (SSSR count). The van der Waals surface area contributed by atoms with Crippen LogP contribution in [0, 0.1) is 0 Å². The Balaban J connectivity index is 3.91. The molecule has 0 heterocycles. The van der Waals surface area contributed by atoms with Crippen LogP contribution in [0.4, 0.5) is 0 Å². The normalized spacial score (nSPS) is 11.3. The van der Waals surface area contributed by atoms with Gasteiger partial charge in [-0.15, -0.1) is 0 Å². The van der Waals surface area contributed by atoms with Gasteiger partial charge in [0, 0.05) is 19.3 Å². The van der Waals surface area contributed by atoms with Crippen LogP contribution in [0.15, 0.2) is 5.16 Å². The van der Waals surface area contributed by atoms with Crippen LogP contribution >= 0.6 is 0 Å². The summed E-state index contributed by atoms with van der Waals surface area (Å²) in [7, 11) is 0. The molecular weight excluding hydrogens is 350 g/mol. The Morgan fingerprint density at radius 1 is 0.630 bits per heavy atom. The summed E-state index contributed by atoms with van der Waals surface area (Å²) in [5.74, 6) is -2.00. The molecule has 0 aliphatic rings. The number of rotatable bonds is 15. The average Bonchev–Trinajstić information content (AvgIpc) is 2.64. The van der Waals surface area contributed by atoms with Crippen molar-refractivity contribution in [2.24, 2.45) is 5.16 Å². The van der Waals surface area contributed by atoms with Gasteiger partial charge in [0.25, 0.3) is 0 Å². The van der Waals surface area contributed by atoms with E-state index in [1.54, 1.807) is 0 Å². The summed E-state index contributed by atoms with van der Waals surface area (Å²) in [6.07, 6.45) is 10.1. The second-order valence-electron chi connectivity index (χ2n) is 6.64. The van der Waals surface area contributed by atoms with Gasteiger partial charge in [-0.25, -0.2) is 0 Å². The molecule has 7 heteroatoms. The van der Waals surface area contributed by atoms with Gasteiger partial charge in [0.1, 0.15) is 0 Å². The highest BCUT2D eigenvalue weighted by Gasteiger charge is 2.15. The molecule has 0 aromatic heterocycles. The summed E-state index contributed by atoms with van der Waals surface area (Å²) in [6, 6.07) is 0. The topological polar surface area (TPSA) is 102 Å². The number of hydrogen-bond donors (Lipinski definition) is 1. The summed E-state index contributed by atoms with van der Waals surface area (Å²) in [4.78, 5) is 34.9. The number of hydrogen-bond acceptors (Lipinski definition) is 7. The van der Waals surface area contributed by atoms with Crippen LogP contribution in [-0.2, 0) is 23.9 Å². The first-order chi connectivity index (χ1) is 13.0. The number of nitrogens with zero attached hydrogens (tertiary/aromatic N) is 1. The summed E-state index contributed by atoms with van der Waals surface area (Å²) in [6.45, 7) is 4.23. The van der Waals surface area contributed by atoms with E-state index in [0.717, 1.165) is 51.4 Å². The molecule has 0 unspecified atom stereocenters. The van der Waals surface area contributed by atoms with Crippen LogP contribution < -0.4 is 0 Å². The van der Waals surface area contributed by atoms with Crippen molar-refractivity contribution in [3.63, 3.8) is 0 Å². The zero-order valence-corrected chi connectivity index (χ0v) is 16.8. The lowest BCUT2D eigenvalue weighted by Gasteiger charge is -2.06. The van der Waals surface area contributed by atoms with Gasteiger partial charge >= 0.3 is 17.9 Å². The van der Waals surface area contributed by atoms with E-state index in [9.17, 15) is 14.4 Å². The summed E-state index contributed by atoms with van der Waals surface area (Å²) in [5, 5.41) is 11.8. The maximum absolute atomic E-state index is 11.7. The minimum Gasteiger partial charge on any atom is -0.408 e. The zero-order chi connectivity index (χ0) is 20.3. The number of carbonyl (C=O) groups is 3. The van der Waals surface area contributed by atoms with Crippen LogP contribution in [0.25, 0.3) is 0 Å². The molecule has 0 radical (unpaired) electrons. The Morgan fingerprint density at radius 3 is 1.56 bits per heavy atom. The maximum atomic E-state index is 11.7. The van der Waals surface area contributed by atoms with Gasteiger partial charge in [-0.2, -0.15) is 0 Å². The Bertz CT molecular complexity index is 461. The summed E-state index contributed by atoms with van der Waals surface area (Å²) < 4.78 is 9.64. The molecule has 1 N–H and O–H groups in total. The molecular formula is C20H35NO6. The average molecular weight is 386 g/mol. The highest BCUT2D eigenvalue weighted by atomic mass is 16.6. The van der Waals surface area contributed by atoms with Crippen molar-refractivity contribution in [3.8, 4) is 0 Å². The largest absolute Gasteiger partial charge is 0.408 e. The molecule has 0 bridgehead atoms. The lowest BCUT2D eigenvalue weighted by molar-refractivity contribution is -0.159. The Morgan fingerprint density at radius 2 is 1.07 bits per heavy atom. The first kappa shape index (κ1) is 25.1. The first-order valence-electron chi connectivity index (χ1n) is 10.2. The van der Waals surface area contributed by atoms with E-state index in [1.165, 1.54) is 0 Å². The smallest absolute Gasteiger partial charge is 0.313 e.